The zero-order valence-electron chi connectivity index (χ0n) is 20.8. The number of aromatic nitrogens is 1. The van der Waals surface area contributed by atoms with Gasteiger partial charge in [-0.2, -0.15) is 18.2 Å². The normalized spacial score (nSPS) is 21.8. The molecule has 1 aromatic heterocycles. The fraction of sp³-hybridized carbons (Fsp3) is 0.560. The first-order chi connectivity index (χ1) is 16.4. The Labute approximate surface area is 204 Å². The molecule has 10 heteroatoms. The number of ether oxygens (including phenoxy) is 2. The number of halogens is 3. The lowest BCUT2D eigenvalue weighted by atomic mass is 9.79. The van der Waals surface area contributed by atoms with Crippen LogP contribution in [0.3, 0.4) is 0 Å². The molecule has 1 atom stereocenters. The lowest BCUT2D eigenvalue weighted by molar-refractivity contribution is -0.152. The minimum atomic E-state index is -4.35. The van der Waals surface area contributed by atoms with E-state index in [1.54, 1.807) is 19.2 Å². The number of benzene rings is 1. The van der Waals surface area contributed by atoms with E-state index in [2.05, 4.69) is 4.98 Å². The predicted octanol–water partition coefficient (Wildman–Crippen LogP) is 4.89. The van der Waals surface area contributed by atoms with Crippen LogP contribution in [0.25, 0.3) is 0 Å². The second-order valence-corrected chi connectivity index (χ2v) is 10.1. The predicted molar refractivity (Wildman–Crippen MR) is 128 cm³/mol. The van der Waals surface area contributed by atoms with Crippen molar-refractivity contribution in [1.82, 2.24) is 4.98 Å². The first-order valence-electron chi connectivity index (χ1n) is 11.9. The van der Waals surface area contributed by atoms with Crippen LogP contribution in [0, 0.1) is 0 Å². The maximum absolute atomic E-state index is 13.9. The van der Waals surface area contributed by atoms with Crippen LogP contribution in [0.5, 0.6) is 11.6 Å². The molecule has 0 saturated carbocycles. The van der Waals surface area contributed by atoms with Gasteiger partial charge >= 0.3 is 13.3 Å². The van der Waals surface area contributed by atoms with Gasteiger partial charge in [-0.3, -0.25) is 0 Å². The molecule has 0 N–H and O–H groups in total. The van der Waals surface area contributed by atoms with Gasteiger partial charge in [-0.1, -0.05) is 12.1 Å². The fourth-order valence-electron chi connectivity index (χ4n) is 4.27. The minimum Gasteiger partial charge on any atom is -0.497 e. The monoisotopic (exact) mass is 492 g/mol. The number of methoxy groups -OCH3 is 1. The summed E-state index contributed by atoms with van der Waals surface area (Å²) in [6.07, 6.45) is -3.13. The second kappa shape index (κ2) is 9.54. The first kappa shape index (κ1) is 25.6. The van der Waals surface area contributed by atoms with E-state index in [0.29, 0.717) is 18.3 Å². The summed E-state index contributed by atoms with van der Waals surface area (Å²) in [5.74, 6) is 1.15. The number of hydrogen-bond donors (Lipinski definition) is 0. The van der Waals surface area contributed by atoms with Gasteiger partial charge < -0.3 is 23.7 Å². The lowest BCUT2D eigenvalue weighted by Crippen LogP contribution is -2.49. The summed E-state index contributed by atoms with van der Waals surface area (Å²) in [6, 6.07) is 9.09. The molecule has 2 saturated heterocycles. The van der Waals surface area contributed by atoms with E-state index >= 15 is 0 Å². The molecule has 2 aliphatic heterocycles. The van der Waals surface area contributed by atoms with Crippen molar-refractivity contribution in [3.05, 3.63) is 42.0 Å². The summed E-state index contributed by atoms with van der Waals surface area (Å²) >= 11 is 0. The highest BCUT2D eigenvalue weighted by Crippen LogP contribution is 2.38. The third-order valence-corrected chi connectivity index (χ3v) is 7.06. The number of piperidine rings is 1. The molecule has 0 radical (unpaired) electrons. The van der Waals surface area contributed by atoms with Gasteiger partial charge in [0, 0.05) is 12.6 Å². The Hall–Kier alpha value is -2.46. The number of rotatable bonds is 6. The van der Waals surface area contributed by atoms with E-state index in [9.17, 15) is 13.2 Å². The van der Waals surface area contributed by atoms with Crippen molar-refractivity contribution in [2.24, 2.45) is 0 Å². The summed E-state index contributed by atoms with van der Waals surface area (Å²) < 4.78 is 65.0. The molecule has 2 fully saturated rings. The highest BCUT2D eigenvalue weighted by Gasteiger charge is 2.52. The van der Waals surface area contributed by atoms with Gasteiger partial charge in [0.15, 0.2) is 0 Å². The zero-order valence-corrected chi connectivity index (χ0v) is 20.8. The van der Waals surface area contributed by atoms with Gasteiger partial charge in [0.05, 0.1) is 18.3 Å². The molecule has 35 heavy (non-hydrogen) atoms. The Balaban J connectivity index is 1.66. The Morgan fingerprint density at radius 1 is 1.06 bits per heavy atom. The zero-order chi connectivity index (χ0) is 25.4. The maximum Gasteiger partial charge on any atom is 0.495 e. The molecule has 0 bridgehead atoms. The number of alkyl halides is 3. The SMILES string of the molecule is COc1ccc(COc2cc(B3OC(C)(C)C(C)(C)O3)cc(N3CCCC[C@@H]3C(F)(F)F)n2)cc1. The molecule has 6 nitrogen and oxygen atoms in total. The topological polar surface area (TPSA) is 53.1 Å². The minimum absolute atomic E-state index is 0.0357. The van der Waals surface area contributed by atoms with Gasteiger partial charge in [-0.15, -0.1) is 0 Å². The number of pyridine rings is 1. The van der Waals surface area contributed by atoms with Crippen molar-refractivity contribution in [2.45, 2.75) is 77.0 Å². The second-order valence-electron chi connectivity index (χ2n) is 10.1. The van der Waals surface area contributed by atoms with Gasteiger partial charge in [0.25, 0.3) is 0 Å². The molecule has 1 aromatic carbocycles. The van der Waals surface area contributed by atoms with Crippen molar-refractivity contribution in [2.75, 3.05) is 18.6 Å². The van der Waals surface area contributed by atoms with E-state index in [1.165, 1.54) is 4.90 Å². The third kappa shape index (κ3) is 5.53. The average Bonchev–Trinajstić information content (AvgIpc) is 3.04. The fourth-order valence-corrected chi connectivity index (χ4v) is 4.27. The number of anilines is 1. The molecule has 4 rings (SSSR count). The largest absolute Gasteiger partial charge is 0.497 e. The highest BCUT2D eigenvalue weighted by molar-refractivity contribution is 6.62. The summed E-state index contributed by atoms with van der Waals surface area (Å²) in [6.45, 7) is 8.19. The van der Waals surface area contributed by atoms with Gasteiger partial charge in [-0.05, 0) is 76.2 Å². The molecule has 0 spiro atoms. The van der Waals surface area contributed by atoms with Gasteiger partial charge in [-0.25, -0.2) is 0 Å². The van der Waals surface area contributed by atoms with E-state index in [0.717, 1.165) is 11.3 Å². The third-order valence-electron chi connectivity index (χ3n) is 7.06. The molecular weight excluding hydrogens is 460 g/mol. The Kier molecular flexibility index (Phi) is 6.99. The van der Waals surface area contributed by atoms with Crippen LogP contribution in [0.15, 0.2) is 36.4 Å². The Morgan fingerprint density at radius 3 is 2.31 bits per heavy atom. The lowest BCUT2D eigenvalue weighted by Gasteiger charge is -2.37. The van der Waals surface area contributed by atoms with Crippen LogP contribution < -0.4 is 19.8 Å². The highest BCUT2D eigenvalue weighted by atomic mass is 19.4. The van der Waals surface area contributed by atoms with Crippen molar-refractivity contribution in [3.63, 3.8) is 0 Å². The first-order valence-corrected chi connectivity index (χ1v) is 11.9. The molecule has 0 amide bonds. The standard InChI is InChI=1S/C25H32BF3N2O4/c1-23(2)24(3,4)35-26(34-23)18-14-21(31-13-7-6-8-20(31)25(27,28)29)30-22(15-18)33-16-17-9-11-19(32-5)12-10-17/h9-12,14-15,20H,6-8,13,16H2,1-5H3/t20-/m1/s1. The van der Waals surface area contributed by atoms with Crippen LogP contribution in [-0.2, 0) is 15.9 Å². The molecule has 2 aromatic rings. The van der Waals surface area contributed by atoms with E-state index in [4.69, 9.17) is 18.8 Å². The van der Waals surface area contributed by atoms with Crippen molar-refractivity contribution < 1.29 is 32.0 Å². The van der Waals surface area contributed by atoms with Crippen LogP contribution in [0.1, 0.15) is 52.5 Å². The van der Waals surface area contributed by atoms with Gasteiger partial charge in [0.2, 0.25) is 5.88 Å². The molecular formula is C25H32BF3N2O4. The summed E-state index contributed by atoms with van der Waals surface area (Å²) in [5, 5.41) is 0. The van der Waals surface area contributed by atoms with Crippen molar-refractivity contribution >= 4 is 18.4 Å². The van der Waals surface area contributed by atoms with E-state index in [-0.39, 0.29) is 31.3 Å². The molecule has 190 valence electrons. The van der Waals surface area contributed by atoms with E-state index in [1.807, 2.05) is 52.0 Å². The van der Waals surface area contributed by atoms with Gasteiger partial charge in [0.1, 0.15) is 24.2 Å². The molecule has 3 heterocycles. The van der Waals surface area contributed by atoms with Crippen molar-refractivity contribution in [1.29, 1.82) is 0 Å². The van der Waals surface area contributed by atoms with Crippen LogP contribution in [-0.4, -0.2) is 49.2 Å². The maximum atomic E-state index is 13.9. The molecule has 2 aliphatic rings. The Morgan fingerprint density at radius 2 is 1.71 bits per heavy atom. The summed E-state index contributed by atoms with van der Waals surface area (Å²) in [7, 11) is 0.840. The smallest absolute Gasteiger partial charge is 0.495 e. The summed E-state index contributed by atoms with van der Waals surface area (Å²) in [4.78, 5) is 5.81. The molecule has 0 aliphatic carbocycles. The molecule has 0 unspecified atom stereocenters. The number of nitrogens with zero attached hydrogens (tertiary/aromatic N) is 2. The van der Waals surface area contributed by atoms with Crippen LogP contribution in [0.2, 0.25) is 0 Å². The quantitative estimate of drug-likeness (QED) is 0.536. The Bertz CT molecular complexity index is 1010. The van der Waals surface area contributed by atoms with Crippen LogP contribution in [0.4, 0.5) is 19.0 Å². The number of hydrogen-bond acceptors (Lipinski definition) is 6. The summed E-state index contributed by atoms with van der Waals surface area (Å²) in [5.41, 5.74) is 0.265. The van der Waals surface area contributed by atoms with E-state index < -0.39 is 30.5 Å². The van der Waals surface area contributed by atoms with Crippen LogP contribution >= 0.6 is 0 Å². The van der Waals surface area contributed by atoms with Crippen molar-refractivity contribution in [3.8, 4) is 11.6 Å². The average molecular weight is 492 g/mol.